The Balaban J connectivity index is 0.000000234. The molecule has 0 aromatic rings. The van der Waals surface area contributed by atoms with Crippen LogP contribution in [0.1, 0.15) is 81.1 Å². The van der Waals surface area contributed by atoms with Crippen LogP contribution in [0.25, 0.3) is 0 Å². The summed E-state index contributed by atoms with van der Waals surface area (Å²) in [5.74, 6) is 0. The van der Waals surface area contributed by atoms with Crippen molar-refractivity contribution in [1.82, 2.24) is 0 Å². The summed E-state index contributed by atoms with van der Waals surface area (Å²) in [6, 6.07) is -0.132. The first-order valence-electron chi connectivity index (χ1n) is 12.2. The van der Waals surface area contributed by atoms with Crippen molar-refractivity contribution >= 4 is 0 Å². The molecule has 3 rings (SSSR count). The first kappa shape index (κ1) is 28.9. The molecule has 3 aliphatic rings. The van der Waals surface area contributed by atoms with E-state index in [0.29, 0.717) is 13.2 Å². The fraction of sp³-hybridized carbons (Fsp3) is 1.00. The van der Waals surface area contributed by atoms with Gasteiger partial charge >= 0.3 is 0 Å². The third-order valence-electron chi connectivity index (χ3n) is 5.97. The summed E-state index contributed by atoms with van der Waals surface area (Å²) >= 11 is 0. The molecule has 0 radical (unpaired) electrons. The highest BCUT2D eigenvalue weighted by atomic mass is 16.7. The minimum atomic E-state index is -0.366. The molecule has 9 nitrogen and oxygen atoms in total. The van der Waals surface area contributed by atoms with Crippen molar-refractivity contribution in [3.05, 3.63) is 0 Å². The van der Waals surface area contributed by atoms with Gasteiger partial charge in [0.2, 0.25) is 0 Å². The van der Waals surface area contributed by atoms with Crippen molar-refractivity contribution in [2.24, 2.45) is 22.9 Å². The molecule has 2 unspecified atom stereocenters. The monoisotopic (exact) mass is 474 g/mol. The largest absolute Gasteiger partial charge is 0.377 e. The van der Waals surface area contributed by atoms with Crippen LogP contribution >= 0.6 is 0 Å². The van der Waals surface area contributed by atoms with E-state index in [0.717, 1.165) is 25.7 Å². The molecule has 8 N–H and O–H groups in total. The van der Waals surface area contributed by atoms with Gasteiger partial charge in [0.15, 0.2) is 12.6 Å². The van der Waals surface area contributed by atoms with Crippen molar-refractivity contribution < 1.29 is 23.7 Å². The molecule has 0 amide bonds. The Morgan fingerprint density at radius 1 is 0.727 bits per heavy atom. The van der Waals surface area contributed by atoms with E-state index in [1.165, 1.54) is 0 Å². The van der Waals surface area contributed by atoms with Gasteiger partial charge in [-0.05, 0) is 81.1 Å². The molecule has 0 bridgehead atoms. The van der Waals surface area contributed by atoms with Crippen LogP contribution < -0.4 is 22.9 Å². The number of hydrogen-bond acceptors (Lipinski definition) is 9. The highest BCUT2D eigenvalue weighted by molar-refractivity contribution is 5.00. The topological polar surface area (TPSA) is 150 Å². The molecule has 0 spiro atoms. The van der Waals surface area contributed by atoms with Gasteiger partial charge in [0.05, 0.1) is 54.2 Å². The Kier molecular flexibility index (Phi) is 9.38. The van der Waals surface area contributed by atoms with Crippen LogP contribution in [0.15, 0.2) is 0 Å². The average molecular weight is 475 g/mol. The van der Waals surface area contributed by atoms with Crippen LogP contribution in [0.4, 0.5) is 0 Å². The summed E-state index contributed by atoms with van der Waals surface area (Å²) in [6.45, 7) is 17.1. The summed E-state index contributed by atoms with van der Waals surface area (Å²) in [5, 5.41) is 0. The second-order valence-electron chi connectivity index (χ2n) is 12.5. The zero-order chi connectivity index (χ0) is 25.2. The number of hydrogen-bond donors (Lipinski definition) is 4. The van der Waals surface area contributed by atoms with Gasteiger partial charge in [-0.15, -0.1) is 0 Å². The second-order valence-corrected chi connectivity index (χ2v) is 12.5. The molecule has 3 saturated heterocycles. The number of nitrogens with two attached hydrogens (primary N) is 4. The first-order valence-corrected chi connectivity index (χ1v) is 12.2. The lowest BCUT2D eigenvalue weighted by atomic mass is 9.86. The van der Waals surface area contributed by atoms with Gasteiger partial charge in [-0.3, -0.25) is 0 Å². The summed E-state index contributed by atoms with van der Waals surface area (Å²) in [5.41, 5.74) is 23.1. The van der Waals surface area contributed by atoms with Crippen molar-refractivity contribution in [1.29, 1.82) is 0 Å². The Labute approximate surface area is 200 Å². The van der Waals surface area contributed by atoms with Crippen LogP contribution in [-0.2, 0) is 23.7 Å². The molecule has 33 heavy (non-hydrogen) atoms. The minimum Gasteiger partial charge on any atom is -0.377 e. The van der Waals surface area contributed by atoms with Crippen molar-refractivity contribution in [2.75, 3.05) is 13.2 Å². The molecule has 0 saturated carbocycles. The third kappa shape index (κ3) is 8.98. The molecular formula is C24H50N4O5. The minimum absolute atomic E-state index is 0.0107. The maximum absolute atomic E-state index is 6.20. The van der Waals surface area contributed by atoms with E-state index in [1.54, 1.807) is 0 Å². The van der Waals surface area contributed by atoms with Gasteiger partial charge in [-0.2, -0.15) is 0 Å². The van der Waals surface area contributed by atoms with E-state index in [9.17, 15) is 0 Å². The van der Waals surface area contributed by atoms with Gasteiger partial charge in [-0.25, -0.2) is 0 Å². The van der Waals surface area contributed by atoms with Crippen molar-refractivity contribution in [2.45, 2.75) is 140 Å². The smallest absolute Gasteiger partial charge is 0.173 e. The molecule has 0 aromatic carbocycles. The number of rotatable bonds is 4. The van der Waals surface area contributed by atoms with Gasteiger partial charge in [0.25, 0.3) is 0 Å². The fourth-order valence-electron chi connectivity index (χ4n) is 4.04. The average Bonchev–Trinajstić information content (AvgIpc) is 2.61. The van der Waals surface area contributed by atoms with Crippen molar-refractivity contribution in [3.63, 3.8) is 0 Å². The van der Waals surface area contributed by atoms with Crippen LogP contribution in [0, 0.1) is 0 Å². The Bertz CT molecular complexity index is 609. The second kappa shape index (κ2) is 10.7. The lowest BCUT2D eigenvalue weighted by molar-refractivity contribution is -0.268. The summed E-state index contributed by atoms with van der Waals surface area (Å²) < 4.78 is 28.6. The molecule has 0 aliphatic carbocycles. The van der Waals surface area contributed by atoms with Gasteiger partial charge in [0.1, 0.15) is 0 Å². The normalized spacial score (nSPS) is 35.3. The van der Waals surface area contributed by atoms with E-state index in [-0.39, 0.29) is 59.2 Å². The highest BCUT2D eigenvalue weighted by Gasteiger charge is 2.47. The van der Waals surface area contributed by atoms with E-state index >= 15 is 0 Å². The van der Waals surface area contributed by atoms with E-state index in [2.05, 4.69) is 0 Å². The Morgan fingerprint density at radius 3 is 1.58 bits per heavy atom. The van der Waals surface area contributed by atoms with Crippen LogP contribution in [0.5, 0.6) is 0 Å². The van der Waals surface area contributed by atoms with E-state index in [4.69, 9.17) is 46.6 Å². The fourth-order valence-corrected chi connectivity index (χ4v) is 4.04. The molecule has 196 valence electrons. The van der Waals surface area contributed by atoms with Gasteiger partial charge in [-0.1, -0.05) is 0 Å². The van der Waals surface area contributed by atoms with Crippen molar-refractivity contribution in [3.8, 4) is 0 Å². The molecule has 3 fully saturated rings. The maximum Gasteiger partial charge on any atom is 0.173 e. The molecule has 3 aliphatic heterocycles. The summed E-state index contributed by atoms with van der Waals surface area (Å²) in [4.78, 5) is 0. The molecule has 6 atom stereocenters. The Morgan fingerprint density at radius 2 is 1.18 bits per heavy atom. The van der Waals surface area contributed by atoms with Crippen LogP contribution in [-0.4, -0.2) is 72.4 Å². The Hall–Kier alpha value is -0.360. The summed E-state index contributed by atoms with van der Waals surface area (Å²) in [6.07, 6.45) is 2.84. The molecule has 0 aromatic heterocycles. The van der Waals surface area contributed by atoms with Gasteiger partial charge in [0, 0.05) is 5.54 Å². The quantitative estimate of drug-likeness (QED) is 0.477. The molecular weight excluding hydrogens is 424 g/mol. The van der Waals surface area contributed by atoms with E-state index in [1.807, 2.05) is 55.4 Å². The first-order chi connectivity index (χ1) is 14.9. The zero-order valence-electron chi connectivity index (χ0n) is 22.1. The lowest BCUT2D eigenvalue weighted by Crippen LogP contribution is -2.68. The highest BCUT2D eigenvalue weighted by Crippen LogP contribution is 2.32. The maximum atomic E-state index is 6.20. The van der Waals surface area contributed by atoms with Gasteiger partial charge < -0.3 is 46.6 Å². The number of ether oxygens (including phenoxy) is 5. The predicted octanol–water partition coefficient (Wildman–Crippen LogP) is 1.73. The lowest BCUT2D eigenvalue weighted by Gasteiger charge is -2.48. The zero-order valence-corrected chi connectivity index (χ0v) is 22.1. The standard InChI is InChI=1S/C12H24N2O3.C12H26N2O2/c1-11(2,3)17-10-8(13)4-5-9(16-10)12(14)6-15-7-12;1-11(2,3)16-10-8(13)6-7-9(15-10)12(4,5)14/h8-10H,4-7,13-14H2,1-3H3;8-10H,6-7,13-14H2,1-5H3/t2*8-,9?,10-/m11/s1. The molecule has 9 heteroatoms. The third-order valence-corrected chi connectivity index (χ3v) is 5.97. The van der Waals surface area contributed by atoms with Crippen LogP contribution in [0.2, 0.25) is 0 Å². The predicted molar refractivity (Wildman–Crippen MR) is 129 cm³/mol. The summed E-state index contributed by atoms with van der Waals surface area (Å²) in [7, 11) is 0. The van der Waals surface area contributed by atoms with E-state index < -0.39 is 0 Å². The SMILES string of the molecule is CC(C)(C)O[C@H]1OC(C(C)(C)N)CC[C@H]1N.CC(C)(C)O[C@H]1OC(C2(N)COC2)CC[C@H]1N. The molecule has 3 heterocycles. The van der Waals surface area contributed by atoms with Crippen LogP contribution in [0.3, 0.4) is 0 Å².